The molecule has 9 heterocycles. The van der Waals surface area contributed by atoms with Gasteiger partial charge in [0.25, 0.3) is 23.9 Å². The molecular weight excluding hydrogens is 817 g/mol. The molecule has 16 nitrogen and oxygen atoms in total. The first-order valence-electron chi connectivity index (χ1n) is 19.0. The van der Waals surface area contributed by atoms with E-state index < -0.39 is 23.9 Å². The lowest BCUT2D eigenvalue weighted by Crippen LogP contribution is -1.78. The normalized spacial score (nSPS) is 9.31. The molecule has 7 aromatic rings. The van der Waals surface area contributed by atoms with Crippen LogP contribution in [0.2, 0.25) is 0 Å². The maximum atomic E-state index is 9.00. The molecule has 6 N–H and O–H groups in total. The zero-order valence-corrected chi connectivity index (χ0v) is 35.6. The van der Waals surface area contributed by atoms with Crippen molar-refractivity contribution >= 4 is 70.2 Å². The third-order valence-electron chi connectivity index (χ3n) is 6.31. The highest BCUT2D eigenvalue weighted by Crippen LogP contribution is 2.17. The number of nitrogens with one attached hydrogen (secondary N) is 2. The first kappa shape index (κ1) is 53.1. The van der Waals surface area contributed by atoms with Gasteiger partial charge in [-0.1, -0.05) is 24.3 Å². The number of carboxylic acids is 4. The van der Waals surface area contributed by atoms with Gasteiger partial charge in [0.15, 0.2) is 0 Å². The van der Waals surface area contributed by atoms with Crippen molar-refractivity contribution in [1.82, 2.24) is 39.9 Å². The van der Waals surface area contributed by atoms with Crippen LogP contribution in [-0.4, -0.2) is 84.2 Å². The van der Waals surface area contributed by atoms with Gasteiger partial charge in [-0.3, -0.25) is 39.1 Å². The summed E-state index contributed by atoms with van der Waals surface area (Å²) >= 11 is 0. The number of aliphatic carboxylic acids is 4. The second-order valence-corrected chi connectivity index (χ2v) is 12.1. The highest BCUT2D eigenvalue weighted by Gasteiger charge is 2.02. The third-order valence-corrected chi connectivity index (χ3v) is 6.31. The van der Waals surface area contributed by atoms with Crippen molar-refractivity contribution in [2.45, 2.75) is 27.7 Å². The molecule has 2 aliphatic rings. The van der Waals surface area contributed by atoms with Crippen molar-refractivity contribution in [2.24, 2.45) is 0 Å². The van der Waals surface area contributed by atoms with E-state index in [0.29, 0.717) is 0 Å². The molecular formula is C48H50N8O8. The Morgan fingerprint density at radius 2 is 0.547 bits per heavy atom. The number of aromatic nitrogens is 8. The van der Waals surface area contributed by atoms with E-state index in [1.807, 2.05) is 115 Å². The Bertz CT molecular complexity index is 2180. The number of nitrogens with zero attached hydrogens (tertiary/aromatic N) is 6. The summed E-state index contributed by atoms with van der Waals surface area (Å²) in [4.78, 5) is 67.2. The standard InChI is InChI=1S/C20H14N4.4C5H5N.4C2H4O2/c1-2-14-10-16-5-6-18(23-16)12-20-8-7-19(24-20)11-17-4-3-15(22-17)9-13(1)21-14;4*1-2-4-6-5-3-1;4*1-2(3)4/h1-12,21-22H;4*1-5H;4*1H3,(H,3,4). The topological polar surface area (TPSA) is 258 Å². The average Bonchev–Trinajstić information content (AvgIpc) is 4.11. The smallest absolute Gasteiger partial charge is 0.300 e. The molecule has 0 aliphatic carbocycles. The van der Waals surface area contributed by atoms with E-state index in [2.05, 4.69) is 70.2 Å². The summed E-state index contributed by atoms with van der Waals surface area (Å²) in [5, 5.41) is 29.7. The van der Waals surface area contributed by atoms with Crippen molar-refractivity contribution in [3.8, 4) is 0 Å². The molecule has 0 amide bonds. The summed E-state index contributed by atoms with van der Waals surface area (Å²) < 4.78 is 0. The van der Waals surface area contributed by atoms with Crippen LogP contribution in [-0.2, 0) is 19.2 Å². The zero-order valence-electron chi connectivity index (χ0n) is 35.6. The molecule has 0 saturated heterocycles. The number of aromatic amines is 2. The van der Waals surface area contributed by atoms with E-state index >= 15 is 0 Å². The lowest BCUT2D eigenvalue weighted by molar-refractivity contribution is -0.135. The van der Waals surface area contributed by atoms with E-state index in [1.165, 1.54) is 0 Å². The molecule has 0 saturated carbocycles. The van der Waals surface area contributed by atoms with Gasteiger partial charge in [0.1, 0.15) is 0 Å². The quantitative estimate of drug-likeness (QED) is 0.0830. The Hall–Kier alpha value is -8.92. The van der Waals surface area contributed by atoms with Crippen LogP contribution in [0.1, 0.15) is 50.5 Å². The fraction of sp³-hybridized carbons (Fsp3) is 0.0833. The fourth-order valence-electron chi connectivity index (χ4n) is 4.19. The van der Waals surface area contributed by atoms with E-state index in [9.17, 15) is 0 Å². The minimum atomic E-state index is -0.833. The number of pyridine rings is 4. The highest BCUT2D eigenvalue weighted by atomic mass is 16.4. The Labute approximate surface area is 370 Å². The lowest BCUT2D eigenvalue weighted by Gasteiger charge is -1.86. The first-order chi connectivity index (χ1) is 30.7. The monoisotopic (exact) mass is 866 g/mol. The second-order valence-electron chi connectivity index (χ2n) is 12.1. The summed E-state index contributed by atoms with van der Waals surface area (Å²) in [6.07, 6.45) is 22.0. The average molecular weight is 867 g/mol. The van der Waals surface area contributed by atoms with Crippen molar-refractivity contribution in [3.63, 3.8) is 0 Å². The molecule has 9 rings (SSSR count). The maximum Gasteiger partial charge on any atom is 0.300 e. The number of hydrogen-bond donors (Lipinski definition) is 6. The van der Waals surface area contributed by atoms with E-state index in [0.717, 1.165) is 72.5 Å². The Morgan fingerprint density at radius 1 is 0.344 bits per heavy atom. The fourth-order valence-corrected chi connectivity index (χ4v) is 4.19. The Kier molecular flexibility index (Phi) is 28.1. The molecule has 0 aromatic carbocycles. The van der Waals surface area contributed by atoms with Crippen LogP contribution in [0.15, 0.2) is 171 Å². The first-order valence-corrected chi connectivity index (χ1v) is 19.0. The van der Waals surface area contributed by atoms with Crippen LogP contribution in [0, 0.1) is 0 Å². The molecule has 8 bridgehead atoms. The van der Waals surface area contributed by atoms with E-state index in [4.69, 9.17) is 39.6 Å². The van der Waals surface area contributed by atoms with Crippen LogP contribution in [0.25, 0.3) is 46.4 Å². The van der Waals surface area contributed by atoms with E-state index in [-0.39, 0.29) is 0 Å². The van der Waals surface area contributed by atoms with Crippen LogP contribution in [0.5, 0.6) is 0 Å². The summed E-state index contributed by atoms with van der Waals surface area (Å²) in [6, 6.07) is 39.3. The number of fused-ring (bicyclic) bond motifs is 8. The number of rotatable bonds is 0. The summed E-state index contributed by atoms with van der Waals surface area (Å²) in [6.45, 7) is 4.33. The van der Waals surface area contributed by atoms with Gasteiger partial charge in [0.2, 0.25) is 0 Å². The maximum absolute atomic E-state index is 9.00. The third kappa shape index (κ3) is 32.0. The SMILES string of the molecule is C1=Cc2cc3ccc(cc4ccc(cc5nc(cc1n2)C=C5)[nH]4)[nH]3.CC(=O)O.CC(=O)O.CC(=O)O.CC(=O)O.c1ccncc1.c1ccncc1.c1ccncc1.c1ccncc1. The van der Waals surface area contributed by atoms with Crippen LogP contribution in [0.4, 0.5) is 0 Å². The van der Waals surface area contributed by atoms with Gasteiger partial charge < -0.3 is 30.4 Å². The van der Waals surface area contributed by atoms with Crippen molar-refractivity contribution in [1.29, 1.82) is 0 Å². The van der Waals surface area contributed by atoms with Crippen molar-refractivity contribution in [3.05, 3.63) is 194 Å². The van der Waals surface area contributed by atoms with Crippen molar-refractivity contribution in [2.75, 3.05) is 0 Å². The predicted octanol–water partition coefficient (Wildman–Crippen LogP) is 9.35. The molecule has 0 radical (unpaired) electrons. The van der Waals surface area contributed by atoms with Gasteiger partial charge >= 0.3 is 0 Å². The zero-order chi connectivity index (χ0) is 47.2. The van der Waals surface area contributed by atoms with Crippen LogP contribution in [0.3, 0.4) is 0 Å². The van der Waals surface area contributed by atoms with Gasteiger partial charge in [-0.2, -0.15) is 0 Å². The molecule has 0 atom stereocenters. The Morgan fingerprint density at radius 3 is 0.734 bits per heavy atom. The molecule has 64 heavy (non-hydrogen) atoms. The second kappa shape index (κ2) is 33.9. The number of H-pyrrole nitrogens is 2. The summed E-state index contributed by atoms with van der Waals surface area (Å²) in [5.41, 5.74) is 7.86. The minimum absolute atomic E-state index is 0.833. The molecule has 7 aromatic heterocycles. The molecule has 16 heteroatoms. The molecule has 330 valence electrons. The number of carboxylic acid groups (broad SMARTS) is 4. The molecule has 0 fully saturated rings. The predicted molar refractivity (Wildman–Crippen MR) is 249 cm³/mol. The van der Waals surface area contributed by atoms with E-state index in [1.54, 1.807) is 49.6 Å². The van der Waals surface area contributed by atoms with Crippen LogP contribution < -0.4 is 0 Å². The van der Waals surface area contributed by atoms with Gasteiger partial charge in [-0.05, 0) is 121 Å². The van der Waals surface area contributed by atoms with Gasteiger partial charge in [-0.15, -0.1) is 0 Å². The van der Waals surface area contributed by atoms with Gasteiger partial charge in [0.05, 0.1) is 22.8 Å². The summed E-state index contributed by atoms with van der Waals surface area (Å²) in [5.74, 6) is -3.33. The molecule has 0 unspecified atom stereocenters. The largest absolute Gasteiger partial charge is 0.481 e. The Balaban J connectivity index is 0.000000420. The lowest BCUT2D eigenvalue weighted by atomic mass is 10.3. The summed E-state index contributed by atoms with van der Waals surface area (Å²) in [7, 11) is 0. The van der Waals surface area contributed by atoms with Gasteiger partial charge in [0, 0.05) is 99.3 Å². The van der Waals surface area contributed by atoms with Crippen LogP contribution >= 0.6 is 0 Å². The molecule has 2 aliphatic heterocycles. The number of hydrogen-bond acceptors (Lipinski definition) is 10. The van der Waals surface area contributed by atoms with Crippen molar-refractivity contribution < 1.29 is 39.6 Å². The molecule has 0 spiro atoms. The highest BCUT2D eigenvalue weighted by molar-refractivity contribution is 5.77. The minimum Gasteiger partial charge on any atom is -0.481 e. The van der Waals surface area contributed by atoms with Gasteiger partial charge in [-0.25, -0.2) is 9.97 Å². The number of carbonyl (C=O) groups is 4.